The SMILES string of the molecule is CCN(CC)C1CCN(C(=O)c2cnn(-c3nccc(-c4ccccc4F)n3)c2COC)C1. The molecule has 1 aromatic carbocycles. The van der Waals surface area contributed by atoms with Gasteiger partial charge in [-0.15, -0.1) is 0 Å². The van der Waals surface area contributed by atoms with Crippen molar-refractivity contribution in [3.63, 3.8) is 0 Å². The van der Waals surface area contributed by atoms with Crippen LogP contribution in [0.15, 0.2) is 42.7 Å². The predicted octanol–water partition coefficient (Wildman–Crippen LogP) is 3.17. The summed E-state index contributed by atoms with van der Waals surface area (Å²) in [6, 6.07) is 8.44. The van der Waals surface area contributed by atoms with Crippen LogP contribution in [0.5, 0.6) is 0 Å². The zero-order chi connectivity index (χ0) is 23.4. The maximum absolute atomic E-state index is 14.3. The fourth-order valence-corrected chi connectivity index (χ4v) is 4.40. The Hall–Kier alpha value is -3.17. The van der Waals surface area contributed by atoms with Crippen molar-refractivity contribution in [1.29, 1.82) is 0 Å². The first-order valence-electron chi connectivity index (χ1n) is 11.2. The molecule has 0 bridgehead atoms. The van der Waals surface area contributed by atoms with Crippen LogP contribution in [-0.2, 0) is 11.3 Å². The van der Waals surface area contributed by atoms with Gasteiger partial charge in [-0.25, -0.2) is 14.4 Å². The molecule has 9 heteroatoms. The van der Waals surface area contributed by atoms with Gasteiger partial charge in [0.15, 0.2) is 0 Å². The van der Waals surface area contributed by atoms with Gasteiger partial charge < -0.3 is 9.64 Å². The number of hydrogen-bond donors (Lipinski definition) is 0. The number of carbonyl (C=O) groups excluding carboxylic acids is 1. The van der Waals surface area contributed by atoms with Crippen LogP contribution in [0, 0.1) is 5.82 Å². The monoisotopic (exact) mass is 452 g/mol. The molecule has 0 spiro atoms. The second kappa shape index (κ2) is 10.2. The molecule has 1 atom stereocenters. The summed E-state index contributed by atoms with van der Waals surface area (Å²) >= 11 is 0. The van der Waals surface area contributed by atoms with E-state index in [1.54, 1.807) is 43.8 Å². The number of amides is 1. The fourth-order valence-electron chi connectivity index (χ4n) is 4.40. The van der Waals surface area contributed by atoms with Gasteiger partial charge in [0.05, 0.1) is 29.8 Å². The molecule has 2 aromatic heterocycles. The Morgan fingerprint density at radius 3 is 2.76 bits per heavy atom. The average Bonchev–Trinajstić information content (AvgIpc) is 3.48. The molecule has 0 saturated carbocycles. The highest BCUT2D eigenvalue weighted by molar-refractivity contribution is 5.95. The summed E-state index contributed by atoms with van der Waals surface area (Å²) in [5.41, 5.74) is 1.85. The van der Waals surface area contributed by atoms with Gasteiger partial charge in [-0.05, 0) is 37.7 Å². The summed E-state index contributed by atoms with van der Waals surface area (Å²) in [6.07, 6.45) is 4.05. The van der Waals surface area contributed by atoms with Crippen molar-refractivity contribution in [2.24, 2.45) is 0 Å². The Balaban J connectivity index is 1.64. The number of carbonyl (C=O) groups is 1. The number of rotatable bonds is 8. The third-order valence-corrected chi connectivity index (χ3v) is 6.14. The van der Waals surface area contributed by atoms with Crippen molar-refractivity contribution in [1.82, 2.24) is 29.5 Å². The lowest BCUT2D eigenvalue weighted by atomic mass is 10.1. The minimum absolute atomic E-state index is 0.0757. The highest BCUT2D eigenvalue weighted by Gasteiger charge is 2.32. The smallest absolute Gasteiger partial charge is 0.257 e. The highest BCUT2D eigenvalue weighted by Crippen LogP contribution is 2.23. The van der Waals surface area contributed by atoms with Gasteiger partial charge in [-0.2, -0.15) is 9.78 Å². The molecular weight excluding hydrogens is 423 g/mol. The molecule has 174 valence electrons. The van der Waals surface area contributed by atoms with Gasteiger partial charge >= 0.3 is 0 Å². The molecule has 3 aromatic rings. The number of halogens is 1. The summed E-state index contributed by atoms with van der Waals surface area (Å²) in [5, 5.41) is 4.40. The van der Waals surface area contributed by atoms with E-state index in [0.29, 0.717) is 41.6 Å². The van der Waals surface area contributed by atoms with Crippen molar-refractivity contribution < 1.29 is 13.9 Å². The molecule has 1 unspecified atom stereocenters. The third-order valence-electron chi connectivity index (χ3n) is 6.14. The van der Waals surface area contributed by atoms with Crippen LogP contribution >= 0.6 is 0 Å². The first-order chi connectivity index (χ1) is 16.1. The quantitative estimate of drug-likeness (QED) is 0.523. The molecule has 0 radical (unpaired) electrons. The van der Waals surface area contributed by atoms with E-state index < -0.39 is 0 Å². The van der Waals surface area contributed by atoms with Crippen molar-refractivity contribution in [3.05, 3.63) is 59.8 Å². The number of nitrogens with zero attached hydrogens (tertiary/aromatic N) is 6. The minimum Gasteiger partial charge on any atom is -0.378 e. The Morgan fingerprint density at radius 1 is 1.24 bits per heavy atom. The number of aromatic nitrogens is 4. The molecule has 0 aliphatic carbocycles. The van der Waals surface area contributed by atoms with Crippen LogP contribution in [0.2, 0.25) is 0 Å². The van der Waals surface area contributed by atoms with Gasteiger partial charge in [-0.1, -0.05) is 26.0 Å². The van der Waals surface area contributed by atoms with Crippen LogP contribution in [-0.4, -0.2) is 74.8 Å². The van der Waals surface area contributed by atoms with Crippen LogP contribution < -0.4 is 0 Å². The van der Waals surface area contributed by atoms with Gasteiger partial charge in [0.25, 0.3) is 11.9 Å². The van der Waals surface area contributed by atoms with Crippen molar-refractivity contribution >= 4 is 5.91 Å². The molecule has 4 rings (SSSR count). The molecule has 1 saturated heterocycles. The standard InChI is InChI=1S/C24H29FN6O2/c1-4-29(5-2)17-11-13-30(15-17)23(32)19-14-27-31(22(19)16-33-3)24-26-12-10-21(28-24)18-8-6-7-9-20(18)25/h6-10,12,14,17H,4-5,11,13,15-16H2,1-3H3. The topological polar surface area (TPSA) is 76.4 Å². The molecular formula is C24H29FN6O2. The van der Waals surface area contributed by atoms with Gasteiger partial charge in [-0.3, -0.25) is 9.69 Å². The number of likely N-dealkylation sites (tertiary alicyclic amines) is 1. The first-order valence-corrected chi connectivity index (χ1v) is 11.2. The Kier molecular flexibility index (Phi) is 7.10. The normalized spacial score (nSPS) is 16.0. The number of likely N-dealkylation sites (N-methyl/N-ethyl adjacent to an activating group) is 1. The molecule has 1 amide bonds. The van der Waals surface area contributed by atoms with E-state index in [1.165, 1.54) is 10.7 Å². The summed E-state index contributed by atoms with van der Waals surface area (Å²) in [5.74, 6) is -0.190. The van der Waals surface area contributed by atoms with E-state index in [4.69, 9.17) is 4.74 Å². The zero-order valence-electron chi connectivity index (χ0n) is 19.2. The summed E-state index contributed by atoms with van der Waals surface area (Å²) in [4.78, 5) is 26.5. The Labute approximate surface area is 193 Å². The van der Waals surface area contributed by atoms with E-state index in [2.05, 4.69) is 33.8 Å². The lowest BCUT2D eigenvalue weighted by Crippen LogP contribution is -2.38. The third kappa shape index (κ3) is 4.65. The molecule has 0 N–H and O–H groups in total. The summed E-state index contributed by atoms with van der Waals surface area (Å²) < 4.78 is 21.1. The van der Waals surface area contributed by atoms with Crippen LogP contribution in [0.1, 0.15) is 36.3 Å². The van der Waals surface area contributed by atoms with E-state index in [-0.39, 0.29) is 24.3 Å². The molecule has 1 aliphatic rings. The zero-order valence-corrected chi connectivity index (χ0v) is 19.2. The Morgan fingerprint density at radius 2 is 2.03 bits per heavy atom. The first kappa shape index (κ1) is 23.0. The van der Waals surface area contributed by atoms with Crippen LogP contribution in [0.4, 0.5) is 4.39 Å². The van der Waals surface area contributed by atoms with Crippen molar-refractivity contribution in [2.45, 2.75) is 32.9 Å². The fraction of sp³-hybridized carbons (Fsp3) is 0.417. The molecule has 8 nitrogen and oxygen atoms in total. The summed E-state index contributed by atoms with van der Waals surface area (Å²) in [6.45, 7) is 7.78. The predicted molar refractivity (Wildman–Crippen MR) is 122 cm³/mol. The second-order valence-corrected chi connectivity index (χ2v) is 7.99. The van der Waals surface area contributed by atoms with Gasteiger partial charge in [0.1, 0.15) is 5.82 Å². The second-order valence-electron chi connectivity index (χ2n) is 7.99. The lowest BCUT2D eigenvalue weighted by molar-refractivity contribution is 0.0772. The molecule has 1 aliphatic heterocycles. The minimum atomic E-state index is -0.368. The number of benzene rings is 1. The van der Waals surface area contributed by atoms with Crippen molar-refractivity contribution in [3.8, 4) is 17.2 Å². The maximum atomic E-state index is 14.3. The number of ether oxygens (including phenoxy) is 1. The molecule has 3 heterocycles. The maximum Gasteiger partial charge on any atom is 0.257 e. The van der Waals surface area contributed by atoms with E-state index in [1.807, 2.05) is 4.90 Å². The number of methoxy groups -OCH3 is 1. The highest BCUT2D eigenvalue weighted by atomic mass is 19.1. The summed E-state index contributed by atoms with van der Waals surface area (Å²) in [7, 11) is 1.56. The average molecular weight is 453 g/mol. The Bertz CT molecular complexity index is 1110. The van der Waals surface area contributed by atoms with E-state index in [0.717, 1.165) is 19.5 Å². The van der Waals surface area contributed by atoms with E-state index in [9.17, 15) is 9.18 Å². The molecule has 33 heavy (non-hydrogen) atoms. The lowest BCUT2D eigenvalue weighted by Gasteiger charge is -2.26. The van der Waals surface area contributed by atoms with Gasteiger partial charge in [0.2, 0.25) is 0 Å². The van der Waals surface area contributed by atoms with Crippen LogP contribution in [0.3, 0.4) is 0 Å². The van der Waals surface area contributed by atoms with Crippen molar-refractivity contribution in [2.75, 3.05) is 33.3 Å². The van der Waals surface area contributed by atoms with Gasteiger partial charge in [0, 0.05) is 38.0 Å². The van der Waals surface area contributed by atoms with Crippen LogP contribution in [0.25, 0.3) is 17.2 Å². The molecule has 1 fully saturated rings. The number of hydrogen-bond acceptors (Lipinski definition) is 6. The van der Waals surface area contributed by atoms with E-state index >= 15 is 0 Å². The largest absolute Gasteiger partial charge is 0.378 e.